The topological polar surface area (TPSA) is 12.5 Å². The molecule has 0 radical (unpaired) electrons. The average Bonchev–Trinajstić information content (AvgIpc) is 2.56. The molecule has 26 heavy (non-hydrogen) atoms. The second kappa shape index (κ2) is 8.40. The molecule has 0 saturated heterocycles. The van der Waals surface area contributed by atoms with Crippen molar-refractivity contribution in [2.45, 2.75) is 31.9 Å². The van der Waals surface area contributed by atoms with Crippen LogP contribution in [-0.4, -0.2) is 30.4 Å². The summed E-state index contributed by atoms with van der Waals surface area (Å²) in [5.74, 6) is -0.543. The van der Waals surface area contributed by atoms with Gasteiger partial charge in [0.1, 0.15) is 11.6 Å². The van der Waals surface area contributed by atoms with Gasteiger partial charge in [0.25, 0.3) is 0 Å². The van der Waals surface area contributed by atoms with Crippen LogP contribution in [0.3, 0.4) is 0 Å². The van der Waals surface area contributed by atoms with E-state index >= 15 is 0 Å². The van der Waals surface area contributed by atoms with E-state index in [4.69, 9.17) is 4.18 Å². The maximum atomic E-state index is 13.3. The van der Waals surface area contributed by atoms with E-state index in [2.05, 4.69) is 38.2 Å². The summed E-state index contributed by atoms with van der Waals surface area (Å²) in [6, 6.07) is 12.7. The number of benzene rings is 2. The molecule has 0 amide bonds. The lowest BCUT2D eigenvalue weighted by Crippen LogP contribution is -2.26. The smallest absolute Gasteiger partial charge is 0.123 e. The lowest BCUT2D eigenvalue weighted by molar-refractivity contribution is 0.344. The number of nitrogens with zero attached hydrogens (tertiary/aromatic N) is 1. The van der Waals surface area contributed by atoms with Crippen LogP contribution in [0.5, 0.6) is 0 Å². The zero-order valence-corrected chi connectivity index (χ0v) is 17.1. The number of hydrogen-bond acceptors (Lipinski definition) is 2. The molecule has 0 unspecified atom stereocenters. The Kier molecular flexibility index (Phi) is 6.69. The quantitative estimate of drug-likeness (QED) is 0.523. The first kappa shape index (κ1) is 20.7. The van der Waals surface area contributed by atoms with E-state index < -0.39 is 10.3 Å². The van der Waals surface area contributed by atoms with E-state index in [0.29, 0.717) is 13.2 Å². The highest BCUT2D eigenvalue weighted by molar-refractivity contribution is 8.29. The Hall–Kier alpha value is -1.59. The summed E-state index contributed by atoms with van der Waals surface area (Å²) in [5.41, 5.74) is 1.75. The molecule has 0 spiro atoms. The predicted octanol–water partition coefficient (Wildman–Crippen LogP) is 6.29. The highest BCUT2D eigenvalue weighted by Gasteiger charge is 2.28. The molecule has 0 aliphatic carbocycles. The summed E-state index contributed by atoms with van der Waals surface area (Å²) < 4.78 is 32.9. The first-order valence-corrected chi connectivity index (χ1v) is 11.1. The summed E-state index contributed by atoms with van der Waals surface area (Å²) in [5, 5.41) is 0. The van der Waals surface area contributed by atoms with E-state index in [1.165, 1.54) is 24.3 Å². The zero-order chi connectivity index (χ0) is 19.4. The normalized spacial score (nSPS) is 12.9. The van der Waals surface area contributed by atoms with Crippen LogP contribution in [0.25, 0.3) is 0 Å². The first-order chi connectivity index (χ1) is 12.1. The molecule has 2 rings (SSSR count). The number of anilines is 2. The van der Waals surface area contributed by atoms with Crippen LogP contribution in [0.15, 0.2) is 48.5 Å². The number of hydrogen-bond donors (Lipinski definition) is 0. The molecule has 5 heteroatoms. The van der Waals surface area contributed by atoms with Gasteiger partial charge in [-0.1, -0.05) is 20.8 Å². The zero-order valence-electron chi connectivity index (χ0n) is 16.3. The highest BCUT2D eigenvalue weighted by Crippen LogP contribution is 2.53. The Morgan fingerprint density at radius 3 is 1.65 bits per heavy atom. The van der Waals surface area contributed by atoms with Crippen LogP contribution >= 0.6 is 10.3 Å². The maximum absolute atomic E-state index is 13.3. The minimum atomic E-state index is -1.15. The fourth-order valence-corrected chi connectivity index (χ4v) is 3.20. The Morgan fingerprint density at radius 1 is 0.846 bits per heavy atom. The van der Waals surface area contributed by atoms with Gasteiger partial charge in [0.15, 0.2) is 0 Å². The van der Waals surface area contributed by atoms with Crippen LogP contribution in [0.4, 0.5) is 20.2 Å². The van der Waals surface area contributed by atoms with Gasteiger partial charge >= 0.3 is 0 Å². The first-order valence-electron chi connectivity index (χ1n) is 8.76. The van der Waals surface area contributed by atoms with E-state index in [1.807, 2.05) is 0 Å². The molecule has 2 aromatic rings. The summed E-state index contributed by atoms with van der Waals surface area (Å²) in [4.78, 5) is 2.06. The fourth-order valence-electron chi connectivity index (χ4n) is 2.32. The Balaban J connectivity index is 2.08. The molecule has 2 nitrogen and oxygen atoms in total. The lowest BCUT2D eigenvalue weighted by atomic mass is 10.2. The van der Waals surface area contributed by atoms with Gasteiger partial charge in [-0.3, -0.25) is 0 Å². The predicted molar refractivity (Wildman–Crippen MR) is 110 cm³/mol. The second-order valence-electron chi connectivity index (χ2n) is 7.63. The van der Waals surface area contributed by atoms with Crippen molar-refractivity contribution in [1.29, 1.82) is 0 Å². The molecular formula is C21H29F2NOS. The van der Waals surface area contributed by atoms with Gasteiger partial charge in [0.05, 0.1) is 6.61 Å². The molecule has 0 bridgehead atoms. The van der Waals surface area contributed by atoms with Gasteiger partial charge in [-0.2, -0.15) is 0 Å². The van der Waals surface area contributed by atoms with Crippen LogP contribution < -0.4 is 4.90 Å². The summed E-state index contributed by atoms with van der Waals surface area (Å²) >= 11 is 0. The highest BCUT2D eigenvalue weighted by atomic mass is 32.3. The molecule has 0 aliphatic heterocycles. The van der Waals surface area contributed by atoms with Crippen molar-refractivity contribution >= 4 is 21.7 Å². The van der Waals surface area contributed by atoms with Gasteiger partial charge in [-0.25, -0.2) is 8.78 Å². The van der Waals surface area contributed by atoms with Crippen LogP contribution in [-0.2, 0) is 4.18 Å². The molecule has 0 atom stereocenters. The Labute approximate surface area is 157 Å². The number of rotatable bonds is 7. The second-order valence-corrected chi connectivity index (χ2v) is 11.6. The van der Waals surface area contributed by atoms with Crippen LogP contribution in [0.1, 0.15) is 27.2 Å². The molecule has 0 fully saturated rings. The van der Waals surface area contributed by atoms with E-state index in [1.54, 1.807) is 24.3 Å². The average molecular weight is 382 g/mol. The third kappa shape index (κ3) is 5.45. The Bertz CT molecular complexity index is 648. The molecule has 0 aliphatic rings. The van der Waals surface area contributed by atoms with Crippen molar-refractivity contribution in [3.63, 3.8) is 0 Å². The molecule has 2 aromatic carbocycles. The van der Waals surface area contributed by atoms with E-state index in [0.717, 1.165) is 17.8 Å². The summed E-state index contributed by atoms with van der Waals surface area (Å²) in [6.07, 6.45) is 5.19. The SMILES string of the molecule is CC(C)(C)S(C)(C)OCCCN(c1ccc(F)cc1)c1ccc(F)cc1. The minimum absolute atomic E-state index is 0.126. The lowest BCUT2D eigenvalue weighted by Gasteiger charge is -2.43. The van der Waals surface area contributed by atoms with Crippen molar-refractivity contribution in [2.75, 3.05) is 30.6 Å². The van der Waals surface area contributed by atoms with Crippen molar-refractivity contribution in [1.82, 2.24) is 0 Å². The summed E-state index contributed by atoms with van der Waals surface area (Å²) in [6.45, 7) is 7.96. The van der Waals surface area contributed by atoms with Gasteiger partial charge in [-0.15, -0.1) is 10.3 Å². The maximum Gasteiger partial charge on any atom is 0.123 e. The minimum Gasteiger partial charge on any atom is -0.341 e. The largest absolute Gasteiger partial charge is 0.341 e. The molecule has 0 N–H and O–H groups in total. The third-order valence-electron chi connectivity index (χ3n) is 4.66. The summed E-state index contributed by atoms with van der Waals surface area (Å²) in [7, 11) is -1.15. The van der Waals surface area contributed by atoms with E-state index in [9.17, 15) is 8.78 Å². The van der Waals surface area contributed by atoms with Crippen molar-refractivity contribution in [3.05, 3.63) is 60.2 Å². The van der Waals surface area contributed by atoms with Gasteiger partial charge < -0.3 is 9.08 Å². The standard InChI is InChI=1S/C21H29F2NOS/c1-21(2,3)26(4,5)25-16-6-15-24(19-11-7-17(22)8-12-19)20-13-9-18(23)10-14-20/h7-14H,6,15-16H2,1-5H3. The monoisotopic (exact) mass is 381 g/mol. The Morgan fingerprint density at radius 2 is 1.27 bits per heavy atom. The molecule has 144 valence electrons. The van der Waals surface area contributed by atoms with Crippen molar-refractivity contribution in [3.8, 4) is 0 Å². The van der Waals surface area contributed by atoms with Crippen LogP contribution in [0.2, 0.25) is 0 Å². The molecule has 0 saturated carbocycles. The van der Waals surface area contributed by atoms with Gasteiger partial charge in [0, 0.05) is 22.7 Å². The molecular weight excluding hydrogens is 352 g/mol. The van der Waals surface area contributed by atoms with Crippen molar-refractivity contribution in [2.24, 2.45) is 0 Å². The van der Waals surface area contributed by atoms with E-state index in [-0.39, 0.29) is 16.4 Å². The molecule has 0 heterocycles. The third-order valence-corrected chi connectivity index (χ3v) is 8.36. The van der Waals surface area contributed by atoms with Gasteiger partial charge in [0.2, 0.25) is 0 Å². The fraction of sp³-hybridized carbons (Fsp3) is 0.429. The van der Waals surface area contributed by atoms with Gasteiger partial charge in [-0.05, 0) is 67.5 Å². The number of halogens is 2. The van der Waals surface area contributed by atoms with Crippen molar-refractivity contribution < 1.29 is 13.0 Å². The molecule has 0 aromatic heterocycles. The van der Waals surface area contributed by atoms with Crippen LogP contribution in [0, 0.1) is 11.6 Å².